The molecule has 30 heavy (non-hydrogen) atoms. The first-order chi connectivity index (χ1) is 14.3. The van der Waals surface area contributed by atoms with Gasteiger partial charge in [0.1, 0.15) is 0 Å². The summed E-state index contributed by atoms with van der Waals surface area (Å²) in [6.07, 6.45) is 4.43. The molecule has 1 aliphatic heterocycles. The SMILES string of the molecule is Cc1nc(-c2cc(S(=O)(=O)N3CCC[C@@H](C(=O)Nc4cccnc4)C3)c(C)s2)no1. The third kappa shape index (κ3) is 4.13. The number of piperidine rings is 1. The summed E-state index contributed by atoms with van der Waals surface area (Å²) < 4.78 is 33.0. The van der Waals surface area contributed by atoms with Gasteiger partial charge in [0.15, 0.2) is 0 Å². The normalized spacial score (nSPS) is 17.7. The predicted octanol–water partition coefficient (Wildman–Crippen LogP) is 2.85. The number of thiophene rings is 1. The Morgan fingerprint density at radius 3 is 2.90 bits per heavy atom. The molecule has 0 saturated carbocycles. The van der Waals surface area contributed by atoms with E-state index >= 15 is 0 Å². The number of aromatic nitrogens is 3. The van der Waals surface area contributed by atoms with Gasteiger partial charge in [-0.15, -0.1) is 11.3 Å². The molecule has 0 spiro atoms. The van der Waals surface area contributed by atoms with Crippen LogP contribution in [0.15, 0.2) is 40.0 Å². The van der Waals surface area contributed by atoms with Crippen LogP contribution < -0.4 is 5.32 Å². The van der Waals surface area contributed by atoms with E-state index in [1.165, 1.54) is 15.6 Å². The van der Waals surface area contributed by atoms with Crippen molar-refractivity contribution in [3.8, 4) is 10.7 Å². The maximum absolute atomic E-state index is 13.3. The van der Waals surface area contributed by atoms with Crippen LogP contribution in [0.2, 0.25) is 0 Å². The first-order valence-electron chi connectivity index (χ1n) is 9.47. The van der Waals surface area contributed by atoms with Gasteiger partial charge in [0, 0.05) is 31.1 Å². The minimum atomic E-state index is -3.75. The molecule has 1 atom stereocenters. The molecule has 1 aliphatic rings. The van der Waals surface area contributed by atoms with E-state index in [0.29, 0.717) is 46.5 Å². The molecule has 0 unspecified atom stereocenters. The van der Waals surface area contributed by atoms with E-state index in [2.05, 4.69) is 20.4 Å². The lowest BCUT2D eigenvalue weighted by molar-refractivity contribution is -0.120. The monoisotopic (exact) mass is 447 g/mol. The molecule has 0 aromatic carbocycles. The van der Waals surface area contributed by atoms with Gasteiger partial charge in [-0.1, -0.05) is 5.16 Å². The summed E-state index contributed by atoms with van der Waals surface area (Å²) in [6.45, 7) is 3.95. The van der Waals surface area contributed by atoms with Crippen molar-refractivity contribution in [2.24, 2.45) is 5.92 Å². The van der Waals surface area contributed by atoms with Gasteiger partial charge in [0.05, 0.1) is 27.6 Å². The highest BCUT2D eigenvalue weighted by Gasteiger charge is 2.35. The zero-order valence-corrected chi connectivity index (χ0v) is 18.2. The van der Waals surface area contributed by atoms with E-state index in [4.69, 9.17) is 4.52 Å². The number of sulfonamides is 1. The van der Waals surface area contributed by atoms with Crippen molar-refractivity contribution < 1.29 is 17.7 Å². The van der Waals surface area contributed by atoms with E-state index in [1.54, 1.807) is 44.4 Å². The second-order valence-corrected chi connectivity index (χ2v) is 10.3. The number of hydrogen-bond acceptors (Lipinski definition) is 8. The highest BCUT2D eigenvalue weighted by Crippen LogP contribution is 2.35. The number of hydrogen-bond donors (Lipinski definition) is 1. The largest absolute Gasteiger partial charge is 0.339 e. The number of amides is 1. The van der Waals surface area contributed by atoms with Crippen LogP contribution in [0, 0.1) is 19.8 Å². The number of aryl methyl sites for hydroxylation is 2. The summed E-state index contributed by atoms with van der Waals surface area (Å²) in [6, 6.07) is 5.06. The molecular formula is C19H21N5O4S2. The molecule has 1 fully saturated rings. The molecule has 9 nitrogen and oxygen atoms in total. The van der Waals surface area contributed by atoms with Crippen molar-refractivity contribution in [1.82, 2.24) is 19.4 Å². The maximum Gasteiger partial charge on any atom is 0.244 e. The third-order valence-electron chi connectivity index (χ3n) is 4.92. The summed E-state index contributed by atoms with van der Waals surface area (Å²) >= 11 is 1.30. The Morgan fingerprint density at radius 1 is 1.37 bits per heavy atom. The van der Waals surface area contributed by atoms with Gasteiger partial charge in [0.2, 0.25) is 27.6 Å². The molecule has 11 heteroatoms. The standard InChI is InChI=1S/C19H21N5O4S2/c1-12-17(9-16(29-12)18-21-13(2)28-23-18)30(26,27)24-8-4-5-14(11-24)19(25)22-15-6-3-7-20-10-15/h3,6-7,9-10,14H,4-5,8,11H2,1-2H3,(H,22,25)/t14-/m1/s1. The van der Waals surface area contributed by atoms with Crippen LogP contribution in [0.4, 0.5) is 5.69 Å². The predicted molar refractivity (Wildman–Crippen MR) is 111 cm³/mol. The summed E-state index contributed by atoms with van der Waals surface area (Å²) in [5.41, 5.74) is 0.594. The smallest absolute Gasteiger partial charge is 0.244 e. The molecule has 1 amide bonds. The van der Waals surface area contributed by atoms with Gasteiger partial charge < -0.3 is 9.84 Å². The lowest BCUT2D eigenvalue weighted by atomic mass is 9.99. The zero-order chi connectivity index (χ0) is 21.3. The van der Waals surface area contributed by atoms with Crippen LogP contribution in [0.3, 0.4) is 0 Å². The summed E-state index contributed by atoms with van der Waals surface area (Å²) in [5, 5.41) is 6.68. The lowest BCUT2D eigenvalue weighted by Crippen LogP contribution is -2.43. The van der Waals surface area contributed by atoms with Gasteiger partial charge in [-0.3, -0.25) is 9.78 Å². The van der Waals surface area contributed by atoms with E-state index in [1.807, 2.05) is 0 Å². The Bertz CT molecular complexity index is 1160. The van der Waals surface area contributed by atoms with Crippen molar-refractivity contribution in [3.05, 3.63) is 41.4 Å². The zero-order valence-electron chi connectivity index (χ0n) is 16.5. The fourth-order valence-electron chi connectivity index (χ4n) is 3.43. The molecule has 0 radical (unpaired) electrons. The second kappa shape index (κ2) is 8.25. The molecule has 1 N–H and O–H groups in total. The molecule has 4 rings (SSSR count). The fraction of sp³-hybridized carbons (Fsp3) is 0.368. The second-order valence-electron chi connectivity index (χ2n) is 7.10. The van der Waals surface area contributed by atoms with E-state index < -0.39 is 15.9 Å². The van der Waals surface area contributed by atoms with Crippen LogP contribution in [-0.4, -0.2) is 46.8 Å². The quantitative estimate of drug-likeness (QED) is 0.639. The third-order valence-corrected chi connectivity index (χ3v) is 8.09. The number of nitrogens with one attached hydrogen (secondary N) is 1. The number of carbonyl (C=O) groups is 1. The van der Waals surface area contributed by atoms with Crippen molar-refractivity contribution in [3.63, 3.8) is 0 Å². The first kappa shape index (κ1) is 20.6. The van der Waals surface area contributed by atoms with Crippen molar-refractivity contribution in [2.45, 2.75) is 31.6 Å². The lowest BCUT2D eigenvalue weighted by Gasteiger charge is -2.31. The van der Waals surface area contributed by atoms with Crippen LogP contribution in [-0.2, 0) is 14.8 Å². The Balaban J connectivity index is 1.53. The summed E-state index contributed by atoms with van der Waals surface area (Å²) in [4.78, 5) is 22.3. The van der Waals surface area contributed by atoms with Gasteiger partial charge >= 0.3 is 0 Å². The number of carbonyl (C=O) groups excluding carboxylic acids is 1. The number of anilines is 1. The molecule has 3 aromatic heterocycles. The molecule has 1 saturated heterocycles. The van der Waals surface area contributed by atoms with Crippen LogP contribution in [0.1, 0.15) is 23.6 Å². The Kier molecular flexibility index (Phi) is 5.67. The average molecular weight is 448 g/mol. The molecule has 3 aromatic rings. The van der Waals surface area contributed by atoms with Gasteiger partial charge in [-0.25, -0.2) is 8.42 Å². The molecule has 0 bridgehead atoms. The van der Waals surface area contributed by atoms with Gasteiger partial charge in [-0.05, 0) is 38.0 Å². The Hall–Kier alpha value is -2.63. The van der Waals surface area contributed by atoms with Crippen LogP contribution >= 0.6 is 11.3 Å². The summed E-state index contributed by atoms with van der Waals surface area (Å²) in [7, 11) is -3.75. The van der Waals surface area contributed by atoms with E-state index in [-0.39, 0.29) is 17.3 Å². The average Bonchev–Trinajstić information content (AvgIpc) is 3.35. The molecule has 0 aliphatic carbocycles. The van der Waals surface area contributed by atoms with Gasteiger partial charge in [0.25, 0.3) is 0 Å². The minimum Gasteiger partial charge on any atom is -0.339 e. The minimum absolute atomic E-state index is 0.139. The van der Waals surface area contributed by atoms with E-state index in [0.717, 1.165) is 0 Å². The highest BCUT2D eigenvalue weighted by molar-refractivity contribution is 7.89. The van der Waals surface area contributed by atoms with Crippen molar-refractivity contribution in [1.29, 1.82) is 0 Å². The number of nitrogens with zero attached hydrogens (tertiary/aromatic N) is 4. The van der Waals surface area contributed by atoms with Crippen LogP contribution in [0.25, 0.3) is 10.7 Å². The van der Waals surface area contributed by atoms with E-state index in [9.17, 15) is 13.2 Å². The fourth-order valence-corrected chi connectivity index (χ4v) is 6.44. The van der Waals surface area contributed by atoms with Crippen molar-refractivity contribution in [2.75, 3.05) is 18.4 Å². The molecular weight excluding hydrogens is 426 g/mol. The number of rotatable bonds is 5. The van der Waals surface area contributed by atoms with Crippen LogP contribution in [0.5, 0.6) is 0 Å². The number of pyridine rings is 1. The Morgan fingerprint density at radius 2 is 2.20 bits per heavy atom. The Labute approximate surface area is 178 Å². The van der Waals surface area contributed by atoms with Gasteiger partial charge in [-0.2, -0.15) is 9.29 Å². The first-order valence-corrected chi connectivity index (χ1v) is 11.7. The molecule has 158 valence electrons. The topological polar surface area (TPSA) is 118 Å². The summed E-state index contributed by atoms with van der Waals surface area (Å²) in [5.74, 6) is 0.160. The maximum atomic E-state index is 13.3. The highest BCUT2D eigenvalue weighted by atomic mass is 32.2. The molecule has 4 heterocycles. The van der Waals surface area contributed by atoms with Crippen molar-refractivity contribution >= 4 is 33.0 Å².